The smallest absolute Gasteiger partial charge is 0.222 e. The molecule has 76 valence electrons. The number of rotatable bonds is 3. The number of alkyl halides is 2. The molecule has 1 unspecified atom stereocenters. The van der Waals surface area contributed by atoms with Gasteiger partial charge in [-0.05, 0) is 19.4 Å². The minimum absolute atomic E-state index is 0.315. The van der Waals surface area contributed by atoms with Gasteiger partial charge in [0.25, 0.3) is 0 Å². The van der Waals surface area contributed by atoms with Crippen molar-refractivity contribution >= 4 is 29.2 Å². The van der Waals surface area contributed by atoms with Gasteiger partial charge in [0.15, 0.2) is 0 Å². The van der Waals surface area contributed by atoms with E-state index in [1.165, 1.54) is 0 Å². The number of hydrogen-bond donors (Lipinski definition) is 1. The number of halogens is 2. The normalized spacial score (nSPS) is 23.2. The third-order valence-corrected chi connectivity index (χ3v) is 3.18. The molecule has 0 saturated heterocycles. The lowest BCUT2D eigenvalue weighted by atomic mass is 10.4. The van der Waals surface area contributed by atoms with E-state index >= 15 is 0 Å². The summed E-state index contributed by atoms with van der Waals surface area (Å²) in [6, 6.07) is 1.86. The van der Waals surface area contributed by atoms with Gasteiger partial charge in [-0.15, -0.1) is 23.2 Å². The second-order valence-electron chi connectivity index (χ2n) is 3.56. The Bertz CT molecular complexity index is 341. The van der Waals surface area contributed by atoms with Crippen LogP contribution in [0.5, 0.6) is 0 Å². The maximum absolute atomic E-state index is 5.89. The van der Waals surface area contributed by atoms with Crippen LogP contribution >= 0.6 is 23.2 Å². The van der Waals surface area contributed by atoms with Crippen molar-refractivity contribution in [3.05, 3.63) is 18.0 Å². The molecule has 1 fully saturated rings. The summed E-state index contributed by atoms with van der Waals surface area (Å²) in [6.45, 7) is 2.66. The second-order valence-corrected chi connectivity index (χ2v) is 5.11. The van der Waals surface area contributed by atoms with Crippen molar-refractivity contribution in [1.29, 1.82) is 0 Å². The van der Waals surface area contributed by atoms with Gasteiger partial charge in [0, 0.05) is 24.4 Å². The Labute approximate surface area is 92.8 Å². The molecule has 2 rings (SSSR count). The van der Waals surface area contributed by atoms with Gasteiger partial charge in [-0.1, -0.05) is 0 Å². The highest BCUT2D eigenvalue weighted by Crippen LogP contribution is 2.52. The first-order valence-corrected chi connectivity index (χ1v) is 5.25. The highest BCUT2D eigenvalue weighted by atomic mass is 35.5. The summed E-state index contributed by atoms with van der Waals surface area (Å²) in [7, 11) is 0. The highest BCUT2D eigenvalue weighted by molar-refractivity contribution is 6.50. The molecule has 0 amide bonds. The number of anilines is 1. The van der Waals surface area contributed by atoms with Crippen LogP contribution in [0.15, 0.2) is 12.3 Å². The first kappa shape index (κ1) is 9.99. The van der Waals surface area contributed by atoms with Crippen molar-refractivity contribution < 1.29 is 0 Å². The van der Waals surface area contributed by atoms with Crippen LogP contribution in [-0.4, -0.2) is 20.8 Å². The largest absolute Gasteiger partial charge is 0.354 e. The van der Waals surface area contributed by atoms with Crippen LogP contribution in [0.25, 0.3) is 0 Å². The maximum Gasteiger partial charge on any atom is 0.222 e. The zero-order valence-electron chi connectivity index (χ0n) is 7.80. The van der Waals surface area contributed by atoms with Gasteiger partial charge in [-0.3, -0.25) is 0 Å². The van der Waals surface area contributed by atoms with Gasteiger partial charge < -0.3 is 5.32 Å². The van der Waals surface area contributed by atoms with Crippen LogP contribution in [0.2, 0.25) is 0 Å². The molecule has 1 saturated carbocycles. The Hall–Kier alpha value is -0.540. The van der Waals surface area contributed by atoms with E-state index in [1.54, 1.807) is 6.20 Å². The number of aromatic nitrogens is 2. The standard InChI is InChI=1S/C9H11Cl2N3/c1-6-2-3-12-8(14-6)13-5-7-4-9(7,10)11/h2-3,7H,4-5H2,1H3,(H,12,13,14). The molecule has 0 bridgehead atoms. The second kappa shape index (κ2) is 3.55. The molecule has 0 spiro atoms. The van der Waals surface area contributed by atoms with Gasteiger partial charge in [0.1, 0.15) is 4.33 Å². The minimum atomic E-state index is -0.531. The lowest BCUT2D eigenvalue weighted by molar-refractivity contribution is 0.858. The van der Waals surface area contributed by atoms with Crippen molar-refractivity contribution in [3.8, 4) is 0 Å². The van der Waals surface area contributed by atoms with Gasteiger partial charge in [-0.25, -0.2) is 9.97 Å². The maximum atomic E-state index is 5.89. The van der Waals surface area contributed by atoms with Crippen LogP contribution < -0.4 is 5.32 Å². The summed E-state index contributed by atoms with van der Waals surface area (Å²) in [4.78, 5) is 8.29. The summed E-state index contributed by atoms with van der Waals surface area (Å²) in [5.74, 6) is 0.955. The van der Waals surface area contributed by atoms with Crippen molar-refractivity contribution in [3.63, 3.8) is 0 Å². The quantitative estimate of drug-likeness (QED) is 0.813. The molecular weight excluding hydrogens is 221 g/mol. The minimum Gasteiger partial charge on any atom is -0.354 e. The molecule has 14 heavy (non-hydrogen) atoms. The highest BCUT2D eigenvalue weighted by Gasteiger charge is 2.51. The Morgan fingerprint density at radius 2 is 2.36 bits per heavy atom. The summed E-state index contributed by atoms with van der Waals surface area (Å²) < 4.78 is -0.531. The van der Waals surface area contributed by atoms with Crippen molar-refractivity contribution in [1.82, 2.24) is 9.97 Å². The van der Waals surface area contributed by atoms with Crippen LogP contribution in [0.3, 0.4) is 0 Å². The fraction of sp³-hybridized carbons (Fsp3) is 0.556. The Kier molecular flexibility index (Phi) is 2.54. The summed E-state index contributed by atoms with van der Waals surface area (Å²) in [5, 5.41) is 3.11. The number of nitrogens with zero attached hydrogens (tertiary/aromatic N) is 2. The van der Waals surface area contributed by atoms with Crippen molar-refractivity contribution in [2.24, 2.45) is 5.92 Å². The lowest BCUT2D eigenvalue weighted by Gasteiger charge is -2.04. The van der Waals surface area contributed by atoms with Gasteiger partial charge in [-0.2, -0.15) is 0 Å². The molecule has 1 aromatic rings. The molecule has 1 aromatic heterocycles. The zero-order valence-corrected chi connectivity index (χ0v) is 9.31. The molecule has 3 nitrogen and oxygen atoms in total. The zero-order chi connectivity index (χ0) is 10.2. The van der Waals surface area contributed by atoms with E-state index in [0.717, 1.165) is 18.7 Å². The number of nitrogens with one attached hydrogen (secondary N) is 1. The van der Waals surface area contributed by atoms with Gasteiger partial charge in [0.2, 0.25) is 5.95 Å². The van der Waals surface area contributed by atoms with Crippen LogP contribution in [0.1, 0.15) is 12.1 Å². The topological polar surface area (TPSA) is 37.8 Å². The van der Waals surface area contributed by atoms with Crippen LogP contribution in [0.4, 0.5) is 5.95 Å². The molecule has 0 radical (unpaired) electrons. The fourth-order valence-corrected chi connectivity index (χ4v) is 1.77. The van der Waals surface area contributed by atoms with E-state index in [1.807, 2.05) is 13.0 Å². The molecule has 1 atom stereocenters. The van der Waals surface area contributed by atoms with Crippen LogP contribution in [0, 0.1) is 12.8 Å². The van der Waals surface area contributed by atoms with Gasteiger partial charge >= 0.3 is 0 Å². The SMILES string of the molecule is Cc1ccnc(NCC2CC2(Cl)Cl)n1. The molecule has 1 N–H and O–H groups in total. The van der Waals surface area contributed by atoms with Crippen molar-refractivity contribution in [2.75, 3.05) is 11.9 Å². The van der Waals surface area contributed by atoms with E-state index < -0.39 is 4.33 Å². The molecular formula is C9H11Cl2N3. The molecule has 0 aromatic carbocycles. The summed E-state index contributed by atoms with van der Waals surface area (Å²) >= 11 is 11.8. The predicted octanol–water partition coefficient (Wildman–Crippen LogP) is 2.39. The average molecular weight is 232 g/mol. The average Bonchev–Trinajstić information content (AvgIpc) is 2.71. The van der Waals surface area contributed by atoms with Crippen molar-refractivity contribution in [2.45, 2.75) is 17.7 Å². The fourth-order valence-electron chi connectivity index (χ4n) is 1.24. The molecule has 0 aliphatic heterocycles. The third kappa shape index (κ3) is 2.28. The Morgan fingerprint density at radius 3 is 2.93 bits per heavy atom. The molecule has 1 aliphatic carbocycles. The Morgan fingerprint density at radius 1 is 1.64 bits per heavy atom. The Balaban J connectivity index is 1.87. The van der Waals surface area contributed by atoms with E-state index in [-0.39, 0.29) is 0 Å². The predicted molar refractivity (Wildman–Crippen MR) is 57.8 cm³/mol. The first-order valence-electron chi connectivity index (χ1n) is 4.49. The lowest BCUT2D eigenvalue weighted by Crippen LogP contribution is -2.10. The first-order chi connectivity index (χ1) is 6.58. The molecule has 5 heteroatoms. The molecule has 1 heterocycles. The monoisotopic (exact) mass is 231 g/mol. The summed E-state index contributed by atoms with van der Waals surface area (Å²) in [6.07, 6.45) is 2.57. The summed E-state index contributed by atoms with van der Waals surface area (Å²) in [5.41, 5.74) is 0.946. The number of aryl methyl sites for hydroxylation is 1. The molecule has 1 aliphatic rings. The van der Waals surface area contributed by atoms with E-state index in [4.69, 9.17) is 23.2 Å². The number of hydrogen-bond acceptors (Lipinski definition) is 3. The van der Waals surface area contributed by atoms with E-state index in [2.05, 4.69) is 15.3 Å². The van der Waals surface area contributed by atoms with Crippen LogP contribution in [-0.2, 0) is 0 Å². The van der Waals surface area contributed by atoms with Gasteiger partial charge in [0.05, 0.1) is 0 Å². The van der Waals surface area contributed by atoms with E-state index in [0.29, 0.717) is 11.9 Å². The van der Waals surface area contributed by atoms with E-state index in [9.17, 15) is 0 Å². The third-order valence-electron chi connectivity index (χ3n) is 2.26.